The zero-order valence-electron chi connectivity index (χ0n) is 14.0. The molecule has 0 aromatic heterocycles. The molecule has 0 unspecified atom stereocenters. The Kier molecular flexibility index (Phi) is 6.46. The third-order valence-corrected chi connectivity index (χ3v) is 3.39. The topological polar surface area (TPSA) is 105 Å². The van der Waals surface area contributed by atoms with Crippen molar-refractivity contribution < 1.29 is 23.9 Å². The van der Waals surface area contributed by atoms with Gasteiger partial charge in [0.2, 0.25) is 5.91 Å². The molecule has 2 rings (SSSR count). The summed E-state index contributed by atoms with van der Waals surface area (Å²) >= 11 is 0. The summed E-state index contributed by atoms with van der Waals surface area (Å²) in [4.78, 5) is 35.3. The fraction of sp³-hybridized carbons (Fsp3) is 0.158. The van der Waals surface area contributed by atoms with Crippen LogP contribution in [0.25, 0.3) is 0 Å². The van der Waals surface area contributed by atoms with E-state index in [1.165, 1.54) is 31.4 Å². The van der Waals surface area contributed by atoms with Crippen molar-refractivity contribution in [1.29, 1.82) is 5.26 Å². The van der Waals surface area contributed by atoms with Crippen molar-refractivity contribution in [1.82, 2.24) is 0 Å². The smallest absolute Gasteiger partial charge is 0.338 e. The molecule has 0 aliphatic carbocycles. The highest BCUT2D eigenvalue weighted by Gasteiger charge is 2.12. The Balaban J connectivity index is 1.89. The van der Waals surface area contributed by atoms with E-state index in [1.807, 2.05) is 0 Å². The summed E-state index contributed by atoms with van der Waals surface area (Å²) in [5.41, 5.74) is 1.11. The van der Waals surface area contributed by atoms with E-state index in [0.29, 0.717) is 17.0 Å². The minimum atomic E-state index is -0.651. The number of hydrogen-bond donors (Lipinski definition) is 1. The van der Waals surface area contributed by atoms with Crippen molar-refractivity contribution in [2.24, 2.45) is 0 Å². The van der Waals surface area contributed by atoms with Gasteiger partial charge in [0.1, 0.15) is 12.2 Å². The van der Waals surface area contributed by atoms with E-state index >= 15 is 0 Å². The molecule has 1 amide bonds. The molecule has 0 heterocycles. The first-order valence-electron chi connectivity index (χ1n) is 7.64. The standard InChI is InChI=1S/C19H16N2O5/c1-25-16-8-4-13(5-9-16)17(22)12-26-19(24)14-2-6-15(7-3-14)21-18(23)10-11-20/h2-9H,10,12H2,1H3,(H,21,23). The molecule has 0 saturated carbocycles. The summed E-state index contributed by atoms with van der Waals surface area (Å²) in [7, 11) is 1.53. The highest BCUT2D eigenvalue weighted by atomic mass is 16.5. The van der Waals surface area contributed by atoms with Gasteiger partial charge in [0, 0.05) is 11.3 Å². The fourth-order valence-electron chi connectivity index (χ4n) is 2.04. The van der Waals surface area contributed by atoms with Crippen molar-refractivity contribution in [3.8, 4) is 11.8 Å². The van der Waals surface area contributed by atoms with Crippen LogP contribution in [0.1, 0.15) is 27.1 Å². The lowest BCUT2D eigenvalue weighted by atomic mass is 10.1. The number of esters is 1. The van der Waals surface area contributed by atoms with Crippen LogP contribution < -0.4 is 10.1 Å². The summed E-state index contributed by atoms with van der Waals surface area (Å²) in [5.74, 6) is -0.795. The van der Waals surface area contributed by atoms with Crippen LogP contribution in [0.2, 0.25) is 0 Å². The van der Waals surface area contributed by atoms with Gasteiger partial charge in [-0.15, -0.1) is 0 Å². The van der Waals surface area contributed by atoms with Gasteiger partial charge in [-0.2, -0.15) is 5.26 Å². The molecular formula is C19H16N2O5. The lowest BCUT2D eigenvalue weighted by molar-refractivity contribution is -0.115. The number of nitrogens with one attached hydrogen (secondary N) is 1. The average molecular weight is 352 g/mol. The molecule has 0 saturated heterocycles. The normalized spacial score (nSPS) is 9.69. The number of Topliss-reactive ketones (excluding diaryl/α,β-unsaturated/α-hetero) is 1. The molecule has 0 bridgehead atoms. The van der Waals surface area contributed by atoms with E-state index in [9.17, 15) is 14.4 Å². The number of ketones is 1. The molecule has 2 aromatic carbocycles. The second-order valence-electron chi connectivity index (χ2n) is 5.19. The zero-order chi connectivity index (χ0) is 18.9. The number of carbonyl (C=O) groups excluding carboxylic acids is 3. The zero-order valence-corrected chi connectivity index (χ0v) is 14.0. The Morgan fingerprint density at radius 2 is 1.62 bits per heavy atom. The van der Waals surface area contributed by atoms with Gasteiger partial charge in [0.25, 0.3) is 0 Å². The van der Waals surface area contributed by atoms with Gasteiger partial charge in [0.05, 0.1) is 18.7 Å². The largest absolute Gasteiger partial charge is 0.497 e. The molecule has 26 heavy (non-hydrogen) atoms. The van der Waals surface area contributed by atoms with Gasteiger partial charge in [-0.05, 0) is 48.5 Å². The fourth-order valence-corrected chi connectivity index (χ4v) is 2.04. The van der Waals surface area contributed by atoms with Crippen LogP contribution in [-0.4, -0.2) is 31.4 Å². The number of anilines is 1. The number of hydrogen-bond acceptors (Lipinski definition) is 6. The maximum absolute atomic E-state index is 12.0. The van der Waals surface area contributed by atoms with Crippen molar-refractivity contribution in [2.45, 2.75) is 6.42 Å². The number of nitrogens with zero attached hydrogens (tertiary/aromatic N) is 1. The summed E-state index contributed by atoms with van der Waals surface area (Å²) in [6.07, 6.45) is -0.253. The number of carbonyl (C=O) groups is 3. The first kappa shape index (κ1) is 18.7. The van der Waals surface area contributed by atoms with E-state index in [1.54, 1.807) is 30.3 Å². The van der Waals surface area contributed by atoms with E-state index < -0.39 is 11.9 Å². The summed E-state index contributed by atoms with van der Waals surface area (Å²) < 4.78 is 10.0. The van der Waals surface area contributed by atoms with Crippen molar-refractivity contribution >= 4 is 23.3 Å². The molecule has 7 nitrogen and oxygen atoms in total. The first-order valence-corrected chi connectivity index (χ1v) is 7.64. The van der Waals surface area contributed by atoms with Crippen LogP contribution in [0.5, 0.6) is 5.75 Å². The quantitative estimate of drug-likeness (QED) is 0.606. The molecule has 0 spiro atoms. The molecule has 0 aliphatic rings. The number of rotatable bonds is 7. The van der Waals surface area contributed by atoms with Crippen LogP contribution in [0.3, 0.4) is 0 Å². The summed E-state index contributed by atoms with van der Waals surface area (Å²) in [6.45, 7) is -0.383. The first-order chi connectivity index (χ1) is 12.5. The summed E-state index contributed by atoms with van der Waals surface area (Å²) in [5, 5.41) is 11.0. The molecule has 7 heteroatoms. The minimum Gasteiger partial charge on any atom is -0.497 e. The van der Waals surface area contributed by atoms with E-state index in [0.717, 1.165) is 0 Å². The highest BCUT2D eigenvalue weighted by molar-refractivity contribution is 5.99. The second-order valence-corrected chi connectivity index (χ2v) is 5.19. The Hall–Kier alpha value is -3.66. The van der Waals surface area contributed by atoms with Gasteiger partial charge in [0.15, 0.2) is 12.4 Å². The molecule has 132 valence electrons. The lowest BCUT2D eigenvalue weighted by Crippen LogP contribution is -2.14. The average Bonchev–Trinajstić information content (AvgIpc) is 2.66. The lowest BCUT2D eigenvalue weighted by Gasteiger charge is -2.07. The van der Waals surface area contributed by atoms with E-state index in [2.05, 4.69) is 5.32 Å². The predicted molar refractivity (Wildman–Crippen MR) is 92.9 cm³/mol. The molecule has 0 atom stereocenters. The molecule has 2 aromatic rings. The van der Waals surface area contributed by atoms with Crippen molar-refractivity contribution in [3.05, 3.63) is 59.7 Å². The Morgan fingerprint density at radius 1 is 1.00 bits per heavy atom. The van der Waals surface area contributed by atoms with Crippen molar-refractivity contribution in [2.75, 3.05) is 19.0 Å². The van der Waals surface area contributed by atoms with Crippen LogP contribution >= 0.6 is 0 Å². The number of ether oxygens (including phenoxy) is 2. The van der Waals surface area contributed by atoms with Gasteiger partial charge >= 0.3 is 5.97 Å². The highest BCUT2D eigenvalue weighted by Crippen LogP contribution is 2.13. The Labute approximate surface area is 150 Å². The molecule has 0 fully saturated rings. The van der Waals surface area contributed by atoms with Crippen LogP contribution in [0.15, 0.2) is 48.5 Å². The van der Waals surface area contributed by atoms with Gasteiger partial charge in [-0.1, -0.05) is 0 Å². The third-order valence-electron chi connectivity index (χ3n) is 3.39. The Bertz CT molecular complexity index is 836. The maximum atomic E-state index is 12.0. The van der Waals surface area contributed by atoms with Gasteiger partial charge in [-0.25, -0.2) is 4.79 Å². The number of amides is 1. The van der Waals surface area contributed by atoms with E-state index in [-0.39, 0.29) is 24.4 Å². The van der Waals surface area contributed by atoms with Crippen LogP contribution in [0, 0.1) is 11.3 Å². The number of nitriles is 1. The molecule has 0 aliphatic heterocycles. The van der Waals surface area contributed by atoms with Gasteiger partial charge < -0.3 is 14.8 Å². The number of benzene rings is 2. The van der Waals surface area contributed by atoms with Gasteiger partial charge in [-0.3, -0.25) is 9.59 Å². The SMILES string of the molecule is COc1ccc(C(=O)COC(=O)c2ccc(NC(=O)CC#N)cc2)cc1. The van der Waals surface area contributed by atoms with Crippen LogP contribution in [0.4, 0.5) is 5.69 Å². The van der Waals surface area contributed by atoms with Crippen molar-refractivity contribution in [3.63, 3.8) is 0 Å². The molecule has 0 radical (unpaired) electrons. The third kappa shape index (κ3) is 5.18. The summed E-state index contributed by atoms with van der Waals surface area (Å²) in [6, 6.07) is 14.2. The van der Waals surface area contributed by atoms with E-state index in [4.69, 9.17) is 14.7 Å². The maximum Gasteiger partial charge on any atom is 0.338 e. The second kappa shape index (κ2) is 8.99. The monoisotopic (exact) mass is 352 g/mol. The number of methoxy groups -OCH3 is 1. The minimum absolute atomic E-state index is 0.241. The molecular weight excluding hydrogens is 336 g/mol. The molecule has 1 N–H and O–H groups in total. The van der Waals surface area contributed by atoms with Crippen LogP contribution in [-0.2, 0) is 9.53 Å². The predicted octanol–water partition coefficient (Wildman–Crippen LogP) is 2.59. The Morgan fingerprint density at radius 3 is 2.19 bits per heavy atom.